The summed E-state index contributed by atoms with van der Waals surface area (Å²) in [4.78, 5) is 38.5. The summed E-state index contributed by atoms with van der Waals surface area (Å²) in [7, 11) is 0. The number of benzene rings is 1. The van der Waals surface area contributed by atoms with Crippen LogP contribution in [0.25, 0.3) is 11.3 Å². The Hall–Kier alpha value is -2.69. The molecule has 27 heavy (non-hydrogen) atoms. The number of fused-ring (bicyclic) bond motifs is 3. The van der Waals surface area contributed by atoms with Crippen molar-refractivity contribution in [3.8, 4) is 11.3 Å². The van der Waals surface area contributed by atoms with Crippen molar-refractivity contribution in [1.29, 1.82) is 0 Å². The molecule has 3 rings (SSSR count). The third kappa shape index (κ3) is 3.22. The van der Waals surface area contributed by atoms with Gasteiger partial charge in [0.25, 0.3) is 0 Å². The predicted molar refractivity (Wildman–Crippen MR) is 103 cm³/mol. The van der Waals surface area contributed by atoms with Crippen LogP contribution in [0.4, 0.5) is 0 Å². The predicted octanol–water partition coefficient (Wildman–Crippen LogP) is 4.60. The molecule has 0 spiro atoms. The second-order valence-electron chi connectivity index (χ2n) is 7.89. The van der Waals surface area contributed by atoms with Crippen LogP contribution in [0.3, 0.4) is 0 Å². The number of carbonyl (C=O) groups is 3. The third-order valence-corrected chi connectivity index (χ3v) is 4.72. The molecule has 1 aromatic heterocycles. The molecule has 0 bridgehead atoms. The van der Waals surface area contributed by atoms with E-state index in [0.29, 0.717) is 29.1 Å². The Labute approximate surface area is 159 Å². The van der Waals surface area contributed by atoms with Gasteiger partial charge in [-0.15, -0.1) is 0 Å². The Morgan fingerprint density at radius 2 is 1.70 bits per heavy atom. The van der Waals surface area contributed by atoms with Gasteiger partial charge in [0, 0.05) is 23.4 Å². The first-order chi connectivity index (χ1) is 12.7. The highest BCUT2D eigenvalue weighted by Gasteiger charge is 2.39. The van der Waals surface area contributed by atoms with E-state index in [4.69, 9.17) is 4.74 Å². The highest BCUT2D eigenvalue weighted by Crippen LogP contribution is 2.39. The van der Waals surface area contributed by atoms with E-state index in [1.54, 1.807) is 32.9 Å². The number of hydrogen-bond donors (Lipinski definition) is 0. The minimum Gasteiger partial charge on any atom is -0.456 e. The molecule has 0 saturated heterocycles. The average Bonchev–Trinajstić information content (AvgIpc) is 2.89. The Morgan fingerprint density at radius 3 is 2.30 bits per heavy atom. The molecule has 1 aliphatic rings. The van der Waals surface area contributed by atoms with E-state index in [0.717, 1.165) is 12.8 Å². The van der Waals surface area contributed by atoms with Gasteiger partial charge in [0.2, 0.25) is 11.6 Å². The lowest BCUT2D eigenvalue weighted by Crippen LogP contribution is -2.27. The van der Waals surface area contributed by atoms with Crippen LogP contribution in [0.15, 0.2) is 24.3 Å². The van der Waals surface area contributed by atoms with Crippen LogP contribution >= 0.6 is 0 Å². The van der Waals surface area contributed by atoms with E-state index < -0.39 is 23.1 Å². The maximum Gasteiger partial charge on any atom is 0.341 e. The Kier molecular flexibility index (Phi) is 4.81. The number of unbranched alkanes of at least 4 members (excludes halogenated alkanes) is 1. The number of carbonyl (C=O) groups excluding carboxylic acids is 3. The quantitative estimate of drug-likeness (QED) is 0.585. The van der Waals surface area contributed by atoms with E-state index >= 15 is 0 Å². The summed E-state index contributed by atoms with van der Waals surface area (Å²) >= 11 is 0. The molecule has 1 aliphatic carbocycles. The molecule has 5 nitrogen and oxygen atoms in total. The number of esters is 1. The Morgan fingerprint density at radius 1 is 1.07 bits per heavy atom. The molecular formula is C22H25NO4. The van der Waals surface area contributed by atoms with Crippen LogP contribution in [0.5, 0.6) is 0 Å². The molecule has 0 atom stereocenters. The van der Waals surface area contributed by atoms with Gasteiger partial charge in [0.15, 0.2) is 0 Å². The summed E-state index contributed by atoms with van der Waals surface area (Å²) in [6.07, 6.45) is 1.88. The molecular weight excluding hydrogens is 342 g/mol. The van der Waals surface area contributed by atoms with E-state index in [1.807, 2.05) is 23.6 Å². The van der Waals surface area contributed by atoms with Gasteiger partial charge in [0.05, 0.1) is 16.8 Å². The van der Waals surface area contributed by atoms with Gasteiger partial charge in [-0.05, 0) is 34.1 Å². The summed E-state index contributed by atoms with van der Waals surface area (Å²) in [5.41, 5.74) is 2.11. The number of ketones is 2. The second-order valence-corrected chi connectivity index (χ2v) is 7.89. The number of ether oxygens (including phenoxy) is 1. The van der Waals surface area contributed by atoms with Gasteiger partial charge in [0.1, 0.15) is 5.60 Å². The summed E-state index contributed by atoms with van der Waals surface area (Å²) < 4.78 is 7.53. The van der Waals surface area contributed by atoms with E-state index in [-0.39, 0.29) is 11.1 Å². The van der Waals surface area contributed by atoms with Gasteiger partial charge < -0.3 is 9.30 Å². The second kappa shape index (κ2) is 6.80. The molecule has 1 heterocycles. The zero-order valence-electron chi connectivity index (χ0n) is 16.5. The van der Waals surface area contributed by atoms with Crippen LogP contribution in [0.1, 0.15) is 77.3 Å². The summed E-state index contributed by atoms with van der Waals surface area (Å²) in [6.45, 7) is 9.91. The van der Waals surface area contributed by atoms with Crippen molar-refractivity contribution < 1.29 is 19.1 Å². The van der Waals surface area contributed by atoms with Crippen LogP contribution in [-0.2, 0) is 11.3 Å². The zero-order chi connectivity index (χ0) is 19.9. The summed E-state index contributed by atoms with van der Waals surface area (Å²) in [5.74, 6) is -1.77. The molecule has 0 fully saturated rings. The number of rotatable bonds is 4. The molecule has 142 valence electrons. The molecule has 0 radical (unpaired) electrons. The van der Waals surface area contributed by atoms with Crippen molar-refractivity contribution in [2.45, 2.75) is 59.6 Å². The van der Waals surface area contributed by atoms with Crippen molar-refractivity contribution >= 4 is 17.5 Å². The van der Waals surface area contributed by atoms with Gasteiger partial charge in [-0.25, -0.2) is 4.79 Å². The third-order valence-electron chi connectivity index (χ3n) is 4.72. The van der Waals surface area contributed by atoms with Crippen LogP contribution < -0.4 is 0 Å². The Bertz CT molecular complexity index is 944. The van der Waals surface area contributed by atoms with Crippen LogP contribution in [0, 0.1) is 6.92 Å². The van der Waals surface area contributed by atoms with Crippen molar-refractivity contribution in [3.05, 3.63) is 46.6 Å². The molecule has 0 saturated carbocycles. The topological polar surface area (TPSA) is 65.4 Å². The maximum absolute atomic E-state index is 12.9. The van der Waals surface area contributed by atoms with E-state index in [9.17, 15) is 14.4 Å². The lowest BCUT2D eigenvalue weighted by atomic mass is 9.86. The van der Waals surface area contributed by atoms with Gasteiger partial charge >= 0.3 is 5.97 Å². The molecule has 0 unspecified atom stereocenters. The molecule has 0 N–H and O–H groups in total. The SMILES string of the molecule is CCCCn1c(C)c(C(=O)OC(C)(C)C)c2c1-c1ccccc1C(=O)C2=O. The first kappa shape index (κ1) is 19.1. The molecule has 5 heteroatoms. The molecule has 0 aliphatic heterocycles. The van der Waals surface area contributed by atoms with Crippen molar-refractivity contribution in [1.82, 2.24) is 4.57 Å². The van der Waals surface area contributed by atoms with E-state index in [1.165, 1.54) is 0 Å². The Balaban J connectivity index is 2.30. The lowest BCUT2D eigenvalue weighted by Gasteiger charge is -2.20. The minimum absolute atomic E-state index is 0.182. The summed E-state index contributed by atoms with van der Waals surface area (Å²) in [5, 5.41) is 0. The first-order valence-electron chi connectivity index (χ1n) is 9.32. The summed E-state index contributed by atoms with van der Waals surface area (Å²) in [6, 6.07) is 7.08. The standard InChI is InChI=1S/C22H25NO4/c1-6-7-12-23-13(2)16(21(26)27-22(3,4)5)17-18(23)14-10-8-9-11-15(14)19(24)20(17)25/h8-11H,6-7,12H2,1-5H3. The number of aromatic nitrogens is 1. The van der Waals surface area contributed by atoms with Gasteiger partial charge in [-0.2, -0.15) is 0 Å². The lowest BCUT2D eigenvalue weighted by molar-refractivity contribution is 0.00672. The molecule has 2 aromatic rings. The highest BCUT2D eigenvalue weighted by molar-refractivity contribution is 6.53. The van der Waals surface area contributed by atoms with Gasteiger partial charge in [-0.3, -0.25) is 9.59 Å². The highest BCUT2D eigenvalue weighted by atomic mass is 16.6. The van der Waals surface area contributed by atoms with Crippen molar-refractivity contribution in [2.75, 3.05) is 0 Å². The smallest absolute Gasteiger partial charge is 0.341 e. The number of hydrogen-bond acceptors (Lipinski definition) is 4. The largest absolute Gasteiger partial charge is 0.456 e. The molecule has 0 amide bonds. The fraction of sp³-hybridized carbons (Fsp3) is 0.409. The van der Waals surface area contributed by atoms with Gasteiger partial charge in [-0.1, -0.05) is 37.6 Å². The zero-order valence-corrected chi connectivity index (χ0v) is 16.5. The average molecular weight is 367 g/mol. The maximum atomic E-state index is 12.9. The fourth-order valence-corrected chi connectivity index (χ4v) is 3.54. The van der Waals surface area contributed by atoms with Crippen molar-refractivity contribution in [3.63, 3.8) is 0 Å². The minimum atomic E-state index is -0.693. The number of nitrogens with zero attached hydrogens (tertiary/aromatic N) is 1. The fourth-order valence-electron chi connectivity index (χ4n) is 3.54. The number of Topliss-reactive ketones (excluding diaryl/α,β-unsaturated/α-hetero) is 2. The van der Waals surface area contributed by atoms with Crippen LogP contribution in [0.2, 0.25) is 0 Å². The van der Waals surface area contributed by atoms with Crippen molar-refractivity contribution in [2.24, 2.45) is 0 Å². The molecule has 1 aromatic carbocycles. The van der Waals surface area contributed by atoms with E-state index in [2.05, 4.69) is 6.92 Å². The first-order valence-corrected chi connectivity index (χ1v) is 9.32. The normalized spacial score (nSPS) is 13.4. The van der Waals surface area contributed by atoms with Crippen LogP contribution in [-0.4, -0.2) is 27.7 Å². The monoisotopic (exact) mass is 367 g/mol.